The molecule has 0 bridgehead atoms. The molecule has 3 aliphatic rings. The Bertz CT molecular complexity index is 418. The van der Waals surface area contributed by atoms with Crippen molar-refractivity contribution in [2.45, 2.75) is 50.0 Å². The van der Waals surface area contributed by atoms with Crippen molar-refractivity contribution >= 4 is 0 Å². The molecule has 18 heavy (non-hydrogen) atoms. The van der Waals surface area contributed by atoms with Crippen molar-refractivity contribution < 1.29 is 4.74 Å². The van der Waals surface area contributed by atoms with Crippen LogP contribution in [0.25, 0.3) is 0 Å². The zero-order valence-corrected chi connectivity index (χ0v) is 11.0. The zero-order chi connectivity index (χ0) is 12.0. The van der Waals surface area contributed by atoms with E-state index < -0.39 is 0 Å². The molecule has 0 amide bonds. The fourth-order valence-electron chi connectivity index (χ4n) is 4.74. The van der Waals surface area contributed by atoms with Crippen LogP contribution in [0.1, 0.15) is 50.0 Å². The van der Waals surface area contributed by atoms with Crippen molar-refractivity contribution in [3.8, 4) is 0 Å². The highest BCUT2D eigenvalue weighted by molar-refractivity contribution is 5.24. The number of benzene rings is 1. The summed E-state index contributed by atoms with van der Waals surface area (Å²) in [5.41, 5.74) is 1.85. The number of fused-ring (bicyclic) bond motifs is 2. The minimum absolute atomic E-state index is 0.295. The maximum absolute atomic E-state index is 5.96. The predicted molar refractivity (Wildman–Crippen MR) is 72.5 cm³/mol. The second kappa shape index (κ2) is 4.09. The summed E-state index contributed by atoms with van der Waals surface area (Å²) in [5, 5.41) is 0. The van der Waals surface area contributed by atoms with Gasteiger partial charge in [0.2, 0.25) is 0 Å². The third kappa shape index (κ3) is 1.64. The minimum Gasteiger partial charge on any atom is -0.369 e. The molecule has 3 fully saturated rings. The molecule has 2 aliphatic carbocycles. The molecule has 1 heteroatoms. The highest BCUT2D eigenvalue weighted by atomic mass is 16.6. The first-order valence-electron chi connectivity index (χ1n) is 7.58. The molecule has 1 aromatic rings. The van der Waals surface area contributed by atoms with Crippen LogP contribution >= 0.6 is 0 Å². The van der Waals surface area contributed by atoms with Crippen molar-refractivity contribution in [1.29, 1.82) is 0 Å². The minimum atomic E-state index is 0.295. The molecule has 4 rings (SSSR count). The molecule has 0 aromatic heterocycles. The van der Waals surface area contributed by atoms with Gasteiger partial charge in [-0.1, -0.05) is 49.6 Å². The SMILES string of the molecule is c1ccc([C@@H]2CCC[C@@H]3CCC[C@]4(CO4)[C@H]32)cc1. The fourth-order valence-corrected chi connectivity index (χ4v) is 4.74. The molecule has 1 nitrogen and oxygen atoms in total. The Labute approximate surface area is 110 Å². The molecule has 4 atom stereocenters. The van der Waals surface area contributed by atoms with E-state index in [1.807, 2.05) is 0 Å². The molecule has 1 aromatic carbocycles. The summed E-state index contributed by atoms with van der Waals surface area (Å²) in [4.78, 5) is 0. The topological polar surface area (TPSA) is 12.5 Å². The lowest BCUT2D eigenvalue weighted by Gasteiger charge is -2.45. The van der Waals surface area contributed by atoms with Crippen LogP contribution in [0.3, 0.4) is 0 Å². The Morgan fingerprint density at radius 3 is 2.56 bits per heavy atom. The smallest absolute Gasteiger partial charge is 0.0953 e. The molecule has 1 aliphatic heterocycles. The normalized spacial score (nSPS) is 42.6. The average molecular weight is 242 g/mol. The first-order valence-corrected chi connectivity index (χ1v) is 7.58. The second-order valence-electron chi connectivity index (χ2n) is 6.48. The Kier molecular flexibility index (Phi) is 2.51. The van der Waals surface area contributed by atoms with E-state index in [-0.39, 0.29) is 0 Å². The summed E-state index contributed by atoms with van der Waals surface area (Å²) in [7, 11) is 0. The van der Waals surface area contributed by atoms with Crippen molar-refractivity contribution in [2.24, 2.45) is 11.8 Å². The third-order valence-corrected chi connectivity index (χ3v) is 5.56. The van der Waals surface area contributed by atoms with Crippen LogP contribution in [-0.2, 0) is 4.74 Å². The molecule has 1 heterocycles. The maximum Gasteiger partial charge on any atom is 0.0953 e. The van der Waals surface area contributed by atoms with E-state index in [9.17, 15) is 0 Å². The monoisotopic (exact) mass is 242 g/mol. The number of hydrogen-bond acceptors (Lipinski definition) is 1. The van der Waals surface area contributed by atoms with Gasteiger partial charge in [0.25, 0.3) is 0 Å². The van der Waals surface area contributed by atoms with Crippen LogP contribution in [-0.4, -0.2) is 12.2 Å². The van der Waals surface area contributed by atoms with Gasteiger partial charge in [-0.3, -0.25) is 0 Å². The Morgan fingerprint density at radius 2 is 1.78 bits per heavy atom. The Balaban J connectivity index is 1.69. The number of rotatable bonds is 1. The summed E-state index contributed by atoms with van der Waals surface area (Å²) >= 11 is 0. The Hall–Kier alpha value is -0.820. The average Bonchev–Trinajstić information content (AvgIpc) is 3.20. The molecule has 0 unspecified atom stereocenters. The van der Waals surface area contributed by atoms with E-state index in [0.29, 0.717) is 5.60 Å². The molecule has 0 radical (unpaired) electrons. The summed E-state index contributed by atoms with van der Waals surface area (Å²) in [6.45, 7) is 1.04. The summed E-state index contributed by atoms with van der Waals surface area (Å²) in [5.74, 6) is 2.50. The standard InChI is InChI=1S/C17H22O/c1-2-6-13(7-3-1)15-10-4-8-14-9-5-11-17(12-18-17)16(14)15/h1-3,6-7,14-16H,4-5,8-12H2/t14-,15+,16-,17+/m1/s1. The van der Waals surface area contributed by atoms with E-state index in [0.717, 1.165) is 24.4 Å². The summed E-state index contributed by atoms with van der Waals surface area (Å²) in [6, 6.07) is 11.2. The lowest BCUT2D eigenvalue weighted by atomic mass is 9.59. The fraction of sp³-hybridized carbons (Fsp3) is 0.647. The van der Waals surface area contributed by atoms with E-state index in [1.54, 1.807) is 5.56 Å². The van der Waals surface area contributed by atoms with Crippen molar-refractivity contribution in [3.63, 3.8) is 0 Å². The highest BCUT2D eigenvalue weighted by Crippen LogP contribution is 2.58. The molecule has 1 spiro atoms. The lowest BCUT2D eigenvalue weighted by Crippen LogP contribution is -2.41. The van der Waals surface area contributed by atoms with Gasteiger partial charge in [-0.05, 0) is 42.6 Å². The van der Waals surface area contributed by atoms with Crippen LogP contribution in [0.5, 0.6) is 0 Å². The van der Waals surface area contributed by atoms with Gasteiger partial charge in [-0.25, -0.2) is 0 Å². The van der Waals surface area contributed by atoms with Crippen molar-refractivity contribution in [2.75, 3.05) is 6.61 Å². The number of hydrogen-bond donors (Lipinski definition) is 0. The quantitative estimate of drug-likeness (QED) is 0.674. The lowest BCUT2D eigenvalue weighted by molar-refractivity contribution is 0.0499. The van der Waals surface area contributed by atoms with Gasteiger partial charge in [0.1, 0.15) is 0 Å². The number of epoxide rings is 1. The maximum atomic E-state index is 5.96. The molecule has 0 N–H and O–H groups in total. The first-order chi connectivity index (χ1) is 8.89. The summed E-state index contributed by atoms with van der Waals surface area (Å²) < 4.78 is 5.96. The van der Waals surface area contributed by atoms with Gasteiger partial charge in [0.15, 0.2) is 0 Å². The van der Waals surface area contributed by atoms with Gasteiger partial charge >= 0.3 is 0 Å². The van der Waals surface area contributed by atoms with Crippen LogP contribution < -0.4 is 0 Å². The second-order valence-corrected chi connectivity index (χ2v) is 6.48. The van der Waals surface area contributed by atoms with Crippen LogP contribution in [0.2, 0.25) is 0 Å². The molecule has 96 valence electrons. The highest BCUT2D eigenvalue weighted by Gasteiger charge is 2.58. The van der Waals surface area contributed by atoms with E-state index in [2.05, 4.69) is 30.3 Å². The zero-order valence-electron chi connectivity index (χ0n) is 11.0. The van der Waals surface area contributed by atoms with Gasteiger partial charge in [-0.2, -0.15) is 0 Å². The van der Waals surface area contributed by atoms with Crippen molar-refractivity contribution in [1.82, 2.24) is 0 Å². The van der Waals surface area contributed by atoms with E-state index in [4.69, 9.17) is 4.74 Å². The number of ether oxygens (including phenoxy) is 1. The van der Waals surface area contributed by atoms with Crippen LogP contribution in [0.15, 0.2) is 30.3 Å². The van der Waals surface area contributed by atoms with Gasteiger partial charge in [-0.15, -0.1) is 0 Å². The third-order valence-electron chi connectivity index (χ3n) is 5.56. The van der Waals surface area contributed by atoms with Crippen LogP contribution in [0.4, 0.5) is 0 Å². The van der Waals surface area contributed by atoms with Gasteiger partial charge in [0.05, 0.1) is 12.2 Å². The summed E-state index contributed by atoms with van der Waals surface area (Å²) in [6.07, 6.45) is 8.38. The first kappa shape index (κ1) is 11.0. The molecule has 2 saturated carbocycles. The predicted octanol–water partition coefficient (Wildman–Crippen LogP) is 4.14. The van der Waals surface area contributed by atoms with E-state index >= 15 is 0 Å². The Morgan fingerprint density at radius 1 is 1.00 bits per heavy atom. The van der Waals surface area contributed by atoms with Crippen molar-refractivity contribution in [3.05, 3.63) is 35.9 Å². The largest absolute Gasteiger partial charge is 0.369 e. The molecular formula is C17H22O. The molecule has 1 saturated heterocycles. The molecular weight excluding hydrogens is 220 g/mol. The van der Waals surface area contributed by atoms with Gasteiger partial charge in [0, 0.05) is 0 Å². The van der Waals surface area contributed by atoms with Crippen LogP contribution in [0, 0.1) is 11.8 Å². The van der Waals surface area contributed by atoms with Gasteiger partial charge < -0.3 is 4.74 Å². The van der Waals surface area contributed by atoms with E-state index in [1.165, 1.54) is 38.5 Å².